The summed E-state index contributed by atoms with van der Waals surface area (Å²) in [6.45, 7) is 2.28. The highest BCUT2D eigenvalue weighted by Gasteiger charge is 2.24. The lowest BCUT2D eigenvalue weighted by Crippen LogP contribution is -2.47. The van der Waals surface area contributed by atoms with Gasteiger partial charge in [0.15, 0.2) is 0 Å². The van der Waals surface area contributed by atoms with E-state index in [-0.39, 0.29) is 12.2 Å². The van der Waals surface area contributed by atoms with Crippen molar-refractivity contribution in [2.75, 3.05) is 39.0 Å². The van der Waals surface area contributed by atoms with Crippen molar-refractivity contribution in [3.8, 4) is 0 Å². The molecule has 1 N–H and O–H groups in total. The van der Waals surface area contributed by atoms with Crippen LogP contribution in [0.5, 0.6) is 0 Å². The van der Waals surface area contributed by atoms with Crippen LogP contribution < -0.4 is 5.32 Å². The quantitative estimate of drug-likeness (QED) is 0.620. The Labute approximate surface area is 89.6 Å². The van der Waals surface area contributed by atoms with Gasteiger partial charge in [-0.15, -0.1) is 0 Å². The fraction of sp³-hybridized carbons (Fsp3) is 0.875. The molecule has 0 aromatic carbocycles. The van der Waals surface area contributed by atoms with E-state index in [0.29, 0.717) is 26.2 Å². The zero-order chi connectivity index (χ0) is 11.3. The van der Waals surface area contributed by atoms with Gasteiger partial charge in [0.25, 0.3) is 0 Å². The van der Waals surface area contributed by atoms with Crippen LogP contribution in [-0.2, 0) is 19.6 Å². The molecule has 0 aliphatic carbocycles. The minimum absolute atomic E-state index is 0.0806. The van der Waals surface area contributed by atoms with Crippen molar-refractivity contribution in [1.29, 1.82) is 0 Å². The molecule has 0 radical (unpaired) electrons. The molecule has 1 heterocycles. The van der Waals surface area contributed by atoms with Crippen LogP contribution in [0.2, 0.25) is 0 Å². The summed E-state index contributed by atoms with van der Waals surface area (Å²) in [6, 6.07) is 0. The maximum Gasteiger partial charge on any atom is 0.306 e. The molecule has 1 aliphatic rings. The predicted molar refractivity (Wildman–Crippen MR) is 54.9 cm³/mol. The van der Waals surface area contributed by atoms with E-state index in [0.717, 1.165) is 0 Å². The van der Waals surface area contributed by atoms with Gasteiger partial charge in [0, 0.05) is 26.2 Å². The van der Waals surface area contributed by atoms with E-state index in [4.69, 9.17) is 0 Å². The second-order valence-corrected chi connectivity index (χ2v) is 5.38. The first-order valence-electron chi connectivity index (χ1n) is 4.81. The summed E-state index contributed by atoms with van der Waals surface area (Å²) in [5, 5.41) is 3.07. The van der Waals surface area contributed by atoms with Crippen LogP contribution in [0.1, 0.15) is 6.42 Å². The van der Waals surface area contributed by atoms with Crippen LogP contribution in [0.3, 0.4) is 0 Å². The van der Waals surface area contributed by atoms with Crippen molar-refractivity contribution in [2.45, 2.75) is 6.42 Å². The first-order chi connectivity index (χ1) is 7.06. The fourth-order valence-corrected chi connectivity index (χ4v) is 2.79. The number of esters is 1. The molecule has 88 valence electrons. The number of sulfonamides is 1. The van der Waals surface area contributed by atoms with Gasteiger partial charge < -0.3 is 10.1 Å². The van der Waals surface area contributed by atoms with Crippen LogP contribution in [0, 0.1) is 0 Å². The molecule has 0 unspecified atom stereocenters. The van der Waals surface area contributed by atoms with Gasteiger partial charge >= 0.3 is 5.97 Å². The zero-order valence-electron chi connectivity index (χ0n) is 8.73. The Morgan fingerprint density at radius 3 is 2.53 bits per heavy atom. The maximum absolute atomic E-state index is 11.7. The summed E-state index contributed by atoms with van der Waals surface area (Å²) in [6.07, 6.45) is -0.0806. The van der Waals surface area contributed by atoms with Gasteiger partial charge in [-0.2, -0.15) is 4.31 Å². The minimum atomic E-state index is -3.30. The van der Waals surface area contributed by atoms with E-state index in [1.165, 1.54) is 11.4 Å². The third kappa shape index (κ3) is 3.77. The number of nitrogens with one attached hydrogen (secondary N) is 1. The molecular formula is C8H16N2O4S. The highest BCUT2D eigenvalue weighted by molar-refractivity contribution is 7.89. The molecule has 7 heteroatoms. The van der Waals surface area contributed by atoms with Crippen molar-refractivity contribution < 1.29 is 17.9 Å². The summed E-state index contributed by atoms with van der Waals surface area (Å²) in [7, 11) is -2.05. The van der Waals surface area contributed by atoms with Gasteiger partial charge in [-0.25, -0.2) is 8.42 Å². The third-order valence-corrected chi connectivity index (χ3v) is 4.13. The summed E-state index contributed by atoms with van der Waals surface area (Å²) in [4.78, 5) is 10.8. The Hall–Kier alpha value is -0.660. The molecule has 15 heavy (non-hydrogen) atoms. The monoisotopic (exact) mass is 236 g/mol. The van der Waals surface area contributed by atoms with Crippen LogP contribution >= 0.6 is 0 Å². The van der Waals surface area contributed by atoms with Crippen molar-refractivity contribution >= 4 is 16.0 Å². The number of carbonyl (C=O) groups is 1. The minimum Gasteiger partial charge on any atom is -0.469 e. The zero-order valence-corrected chi connectivity index (χ0v) is 9.55. The molecule has 0 aromatic heterocycles. The highest BCUT2D eigenvalue weighted by Crippen LogP contribution is 2.05. The number of carbonyl (C=O) groups excluding carboxylic acids is 1. The number of nitrogens with zero attached hydrogens (tertiary/aromatic N) is 1. The fourth-order valence-electron chi connectivity index (χ4n) is 1.37. The van der Waals surface area contributed by atoms with Gasteiger partial charge in [-0.05, 0) is 0 Å². The largest absolute Gasteiger partial charge is 0.469 e. The van der Waals surface area contributed by atoms with Gasteiger partial charge in [0.1, 0.15) is 0 Å². The SMILES string of the molecule is COC(=O)CCS(=O)(=O)N1CCNCC1. The van der Waals surface area contributed by atoms with E-state index in [1.54, 1.807) is 0 Å². The summed E-state index contributed by atoms with van der Waals surface area (Å²) < 4.78 is 29.2. The Morgan fingerprint density at radius 2 is 2.00 bits per heavy atom. The Balaban J connectivity index is 2.46. The predicted octanol–water partition coefficient (Wildman–Crippen LogP) is -1.22. The molecule has 1 saturated heterocycles. The summed E-state index contributed by atoms with van der Waals surface area (Å²) >= 11 is 0. The van der Waals surface area contributed by atoms with Gasteiger partial charge in [-0.3, -0.25) is 4.79 Å². The van der Waals surface area contributed by atoms with Crippen molar-refractivity contribution in [3.63, 3.8) is 0 Å². The first kappa shape index (κ1) is 12.4. The molecule has 0 saturated carbocycles. The smallest absolute Gasteiger partial charge is 0.306 e. The van der Waals surface area contributed by atoms with Crippen molar-refractivity contribution in [2.24, 2.45) is 0 Å². The number of hydrogen-bond donors (Lipinski definition) is 1. The third-order valence-electron chi connectivity index (χ3n) is 2.26. The van der Waals surface area contributed by atoms with E-state index in [1.807, 2.05) is 0 Å². The topological polar surface area (TPSA) is 75.7 Å². The average molecular weight is 236 g/mol. The number of piperazine rings is 1. The maximum atomic E-state index is 11.7. The molecule has 1 fully saturated rings. The van der Waals surface area contributed by atoms with Crippen molar-refractivity contribution in [3.05, 3.63) is 0 Å². The summed E-state index contributed by atoms with van der Waals surface area (Å²) in [5.74, 6) is -0.659. The highest BCUT2D eigenvalue weighted by atomic mass is 32.2. The second-order valence-electron chi connectivity index (χ2n) is 3.29. The summed E-state index contributed by atoms with van der Waals surface area (Å²) in [5.41, 5.74) is 0. The van der Waals surface area contributed by atoms with Crippen LogP contribution in [0.15, 0.2) is 0 Å². The number of methoxy groups -OCH3 is 1. The van der Waals surface area contributed by atoms with Crippen LogP contribution in [0.25, 0.3) is 0 Å². The number of ether oxygens (including phenoxy) is 1. The Kier molecular flexibility index (Phi) is 4.49. The van der Waals surface area contributed by atoms with E-state index in [9.17, 15) is 13.2 Å². The lowest BCUT2D eigenvalue weighted by molar-refractivity contribution is -0.140. The van der Waals surface area contributed by atoms with Crippen LogP contribution in [-0.4, -0.2) is 57.7 Å². The van der Waals surface area contributed by atoms with Gasteiger partial charge in [-0.1, -0.05) is 0 Å². The second kappa shape index (κ2) is 5.43. The molecule has 0 aromatic rings. The number of hydrogen-bond acceptors (Lipinski definition) is 5. The van der Waals surface area contributed by atoms with Gasteiger partial charge in [0.2, 0.25) is 10.0 Å². The Bertz CT molecular complexity index is 309. The van der Waals surface area contributed by atoms with Crippen LogP contribution in [0.4, 0.5) is 0 Å². The molecular weight excluding hydrogens is 220 g/mol. The Morgan fingerprint density at radius 1 is 1.40 bits per heavy atom. The number of rotatable bonds is 4. The van der Waals surface area contributed by atoms with Crippen molar-refractivity contribution in [1.82, 2.24) is 9.62 Å². The van der Waals surface area contributed by atoms with E-state index in [2.05, 4.69) is 10.1 Å². The first-order valence-corrected chi connectivity index (χ1v) is 6.42. The molecule has 0 amide bonds. The normalized spacial score (nSPS) is 18.7. The standard InChI is InChI=1S/C8H16N2O4S/c1-14-8(11)2-7-15(12,13)10-5-3-9-4-6-10/h9H,2-7H2,1H3. The lowest BCUT2D eigenvalue weighted by atomic mass is 10.4. The molecule has 6 nitrogen and oxygen atoms in total. The lowest BCUT2D eigenvalue weighted by Gasteiger charge is -2.26. The molecule has 1 rings (SSSR count). The van der Waals surface area contributed by atoms with Gasteiger partial charge in [0.05, 0.1) is 19.3 Å². The molecule has 0 spiro atoms. The molecule has 0 atom stereocenters. The molecule has 0 bridgehead atoms. The van der Waals surface area contributed by atoms with E-state index >= 15 is 0 Å². The van der Waals surface area contributed by atoms with E-state index < -0.39 is 16.0 Å². The molecule has 1 aliphatic heterocycles. The average Bonchev–Trinajstić information content (AvgIpc) is 2.27.